The van der Waals surface area contributed by atoms with Crippen molar-refractivity contribution in [3.05, 3.63) is 51.7 Å². The maximum Gasteiger partial charge on any atom is 0.273 e. The molecule has 1 aromatic heterocycles. The summed E-state index contributed by atoms with van der Waals surface area (Å²) >= 11 is 0. The lowest BCUT2D eigenvalue weighted by atomic mass is 10.1. The Hall–Kier alpha value is -2.70. The molecule has 7 nitrogen and oxygen atoms in total. The van der Waals surface area contributed by atoms with Gasteiger partial charge in [-0.05, 0) is 38.7 Å². The number of anilines is 1. The molecule has 0 aliphatic heterocycles. The van der Waals surface area contributed by atoms with Gasteiger partial charge in [0.15, 0.2) is 0 Å². The van der Waals surface area contributed by atoms with E-state index in [1.807, 2.05) is 4.68 Å². The number of hydrogen-bond acceptors (Lipinski definition) is 4. The number of benzene rings is 1. The van der Waals surface area contributed by atoms with E-state index < -0.39 is 4.92 Å². The summed E-state index contributed by atoms with van der Waals surface area (Å²) in [5, 5.41) is 18.1. The van der Waals surface area contributed by atoms with Crippen molar-refractivity contribution in [2.75, 3.05) is 5.32 Å². The first-order valence-electron chi connectivity index (χ1n) is 7.58. The van der Waals surface area contributed by atoms with Gasteiger partial charge in [-0.15, -0.1) is 0 Å². The molecular formula is C16H18N4O3. The van der Waals surface area contributed by atoms with Gasteiger partial charge in [0.05, 0.1) is 17.2 Å². The SMILES string of the molecule is Cc1c(C(=O)Nc2ccnn2C(C)C2CC2)cccc1[N+](=O)[O-]. The highest BCUT2D eigenvalue weighted by molar-refractivity contribution is 6.05. The molecule has 120 valence electrons. The second-order valence-electron chi connectivity index (χ2n) is 5.90. The van der Waals surface area contributed by atoms with Gasteiger partial charge in [-0.25, -0.2) is 4.68 Å². The normalized spacial score (nSPS) is 15.2. The number of rotatable bonds is 5. The quantitative estimate of drug-likeness (QED) is 0.677. The Bertz CT molecular complexity index is 764. The molecule has 1 atom stereocenters. The van der Waals surface area contributed by atoms with E-state index in [0.29, 0.717) is 22.9 Å². The van der Waals surface area contributed by atoms with Crippen LogP contribution in [0.3, 0.4) is 0 Å². The van der Waals surface area contributed by atoms with Crippen LogP contribution >= 0.6 is 0 Å². The number of carbonyl (C=O) groups excluding carboxylic acids is 1. The second-order valence-corrected chi connectivity index (χ2v) is 5.90. The zero-order chi connectivity index (χ0) is 16.6. The summed E-state index contributed by atoms with van der Waals surface area (Å²) in [6.07, 6.45) is 4.01. The third-order valence-electron chi connectivity index (χ3n) is 4.35. The fourth-order valence-electron chi connectivity index (χ4n) is 2.77. The van der Waals surface area contributed by atoms with Crippen molar-refractivity contribution in [2.24, 2.45) is 5.92 Å². The van der Waals surface area contributed by atoms with Gasteiger partial charge >= 0.3 is 0 Å². The second kappa shape index (κ2) is 5.83. The van der Waals surface area contributed by atoms with E-state index in [0.717, 1.165) is 0 Å². The summed E-state index contributed by atoms with van der Waals surface area (Å²) in [6.45, 7) is 3.66. The number of nitro groups is 1. The number of nitrogens with one attached hydrogen (secondary N) is 1. The van der Waals surface area contributed by atoms with E-state index in [4.69, 9.17) is 0 Å². The monoisotopic (exact) mass is 314 g/mol. The van der Waals surface area contributed by atoms with Gasteiger partial charge < -0.3 is 5.32 Å². The maximum absolute atomic E-state index is 12.5. The predicted octanol–water partition coefficient (Wildman–Crippen LogP) is 3.32. The van der Waals surface area contributed by atoms with E-state index in [1.165, 1.54) is 25.0 Å². The van der Waals surface area contributed by atoms with Crippen LogP contribution < -0.4 is 5.32 Å². The van der Waals surface area contributed by atoms with Gasteiger partial charge in [-0.3, -0.25) is 14.9 Å². The predicted molar refractivity (Wildman–Crippen MR) is 85.4 cm³/mol. The van der Waals surface area contributed by atoms with Crippen LogP contribution in [-0.2, 0) is 0 Å². The molecular weight excluding hydrogens is 296 g/mol. The summed E-state index contributed by atoms with van der Waals surface area (Å²) in [5.41, 5.74) is 0.597. The molecule has 1 N–H and O–H groups in total. The average molecular weight is 314 g/mol. The molecule has 1 saturated carbocycles. The molecule has 0 radical (unpaired) electrons. The Morgan fingerprint density at radius 2 is 2.17 bits per heavy atom. The summed E-state index contributed by atoms with van der Waals surface area (Å²) in [4.78, 5) is 23.0. The molecule has 1 unspecified atom stereocenters. The molecule has 1 aromatic carbocycles. The van der Waals surface area contributed by atoms with Gasteiger partial charge in [-0.2, -0.15) is 5.10 Å². The molecule has 0 saturated heterocycles. The van der Waals surface area contributed by atoms with E-state index in [-0.39, 0.29) is 17.6 Å². The fraction of sp³-hybridized carbons (Fsp3) is 0.375. The van der Waals surface area contributed by atoms with Gasteiger partial charge in [0.1, 0.15) is 5.82 Å². The highest BCUT2D eigenvalue weighted by Gasteiger charge is 2.31. The number of aromatic nitrogens is 2. The van der Waals surface area contributed by atoms with Crippen LogP contribution in [-0.4, -0.2) is 20.6 Å². The van der Waals surface area contributed by atoms with Crippen LogP contribution in [0, 0.1) is 23.0 Å². The lowest BCUT2D eigenvalue weighted by Crippen LogP contribution is -2.19. The topological polar surface area (TPSA) is 90.1 Å². The summed E-state index contributed by atoms with van der Waals surface area (Å²) in [5.74, 6) is 0.848. The molecule has 7 heteroatoms. The Kier molecular flexibility index (Phi) is 3.85. The van der Waals surface area contributed by atoms with Crippen LogP contribution in [0.5, 0.6) is 0 Å². The Balaban J connectivity index is 1.84. The Morgan fingerprint density at radius 1 is 1.43 bits per heavy atom. The fourth-order valence-corrected chi connectivity index (χ4v) is 2.77. The smallest absolute Gasteiger partial charge is 0.273 e. The van der Waals surface area contributed by atoms with E-state index in [1.54, 1.807) is 25.3 Å². The van der Waals surface area contributed by atoms with E-state index in [2.05, 4.69) is 17.3 Å². The van der Waals surface area contributed by atoms with E-state index >= 15 is 0 Å². The molecule has 1 heterocycles. The number of carbonyl (C=O) groups is 1. The van der Waals surface area contributed by atoms with Gasteiger partial charge in [0, 0.05) is 23.3 Å². The van der Waals surface area contributed by atoms with Gasteiger partial charge in [0.25, 0.3) is 11.6 Å². The average Bonchev–Trinajstić information content (AvgIpc) is 3.26. The molecule has 1 fully saturated rings. The van der Waals surface area contributed by atoms with Crippen molar-refractivity contribution < 1.29 is 9.72 Å². The third-order valence-corrected chi connectivity index (χ3v) is 4.35. The molecule has 1 amide bonds. The largest absolute Gasteiger partial charge is 0.307 e. The van der Waals surface area contributed by atoms with Crippen LogP contribution in [0.1, 0.15) is 41.7 Å². The van der Waals surface area contributed by atoms with Crippen molar-refractivity contribution in [1.82, 2.24) is 9.78 Å². The zero-order valence-electron chi connectivity index (χ0n) is 13.0. The summed E-state index contributed by atoms with van der Waals surface area (Å²) in [6, 6.07) is 6.47. The van der Waals surface area contributed by atoms with Gasteiger partial charge in [-0.1, -0.05) is 6.07 Å². The number of amides is 1. The van der Waals surface area contributed by atoms with Gasteiger partial charge in [0.2, 0.25) is 0 Å². The maximum atomic E-state index is 12.5. The minimum atomic E-state index is -0.481. The summed E-state index contributed by atoms with van der Waals surface area (Å²) < 4.78 is 1.81. The number of nitro benzene ring substituents is 1. The molecule has 1 aliphatic carbocycles. The highest BCUT2D eigenvalue weighted by Crippen LogP contribution is 2.40. The van der Waals surface area contributed by atoms with Crippen LogP contribution in [0.2, 0.25) is 0 Å². The Labute approximate surface area is 133 Å². The first kappa shape index (κ1) is 15.2. The van der Waals surface area contributed by atoms with Crippen molar-refractivity contribution in [1.29, 1.82) is 0 Å². The Morgan fingerprint density at radius 3 is 2.83 bits per heavy atom. The van der Waals surface area contributed by atoms with E-state index in [9.17, 15) is 14.9 Å². The lowest BCUT2D eigenvalue weighted by molar-refractivity contribution is -0.385. The molecule has 1 aliphatic rings. The summed E-state index contributed by atoms with van der Waals surface area (Å²) in [7, 11) is 0. The first-order chi connectivity index (χ1) is 11.0. The number of nitrogens with zero attached hydrogens (tertiary/aromatic N) is 3. The number of hydrogen-bond donors (Lipinski definition) is 1. The van der Waals surface area contributed by atoms with Crippen molar-refractivity contribution in [2.45, 2.75) is 32.7 Å². The standard InChI is InChI=1S/C16H18N4O3/c1-10-13(4-3-5-14(10)20(22)23)16(21)18-15-8-9-17-19(15)11(2)12-6-7-12/h3-5,8-9,11-12H,6-7H2,1-2H3,(H,18,21). The lowest BCUT2D eigenvalue weighted by Gasteiger charge is -2.15. The van der Waals surface area contributed by atoms with Crippen molar-refractivity contribution in [3.8, 4) is 0 Å². The highest BCUT2D eigenvalue weighted by atomic mass is 16.6. The molecule has 2 aromatic rings. The van der Waals surface area contributed by atoms with Crippen molar-refractivity contribution in [3.63, 3.8) is 0 Å². The van der Waals surface area contributed by atoms with Crippen LogP contribution in [0.25, 0.3) is 0 Å². The first-order valence-corrected chi connectivity index (χ1v) is 7.58. The third kappa shape index (κ3) is 2.94. The van der Waals surface area contributed by atoms with Crippen LogP contribution in [0.15, 0.2) is 30.5 Å². The molecule has 3 rings (SSSR count). The molecule has 23 heavy (non-hydrogen) atoms. The van der Waals surface area contributed by atoms with Crippen LogP contribution in [0.4, 0.5) is 11.5 Å². The molecule has 0 bridgehead atoms. The molecule has 0 spiro atoms. The minimum absolute atomic E-state index is 0.0579. The minimum Gasteiger partial charge on any atom is -0.307 e. The van der Waals surface area contributed by atoms with Crippen molar-refractivity contribution >= 4 is 17.4 Å². The zero-order valence-corrected chi connectivity index (χ0v) is 13.0.